The average molecular weight is 475 g/mol. The topological polar surface area (TPSA) is 55.1 Å². The summed E-state index contributed by atoms with van der Waals surface area (Å²) in [5.74, 6) is -1.12. The molecule has 4 nitrogen and oxygen atoms in total. The van der Waals surface area contributed by atoms with Gasteiger partial charge in [0.15, 0.2) is 0 Å². The van der Waals surface area contributed by atoms with Gasteiger partial charge < -0.3 is 5.11 Å². The Balaban J connectivity index is 1.73. The first kappa shape index (κ1) is 17.3. The van der Waals surface area contributed by atoms with Crippen molar-refractivity contribution in [2.45, 2.75) is 44.6 Å². The van der Waals surface area contributed by atoms with Crippen LogP contribution in [0.4, 0.5) is 4.39 Å². The molecule has 4 rings (SSSR count). The molecule has 1 N–H and O–H groups in total. The minimum atomic E-state index is -0.768. The summed E-state index contributed by atoms with van der Waals surface area (Å²) >= 11 is 8.47. The van der Waals surface area contributed by atoms with E-state index in [4.69, 9.17) is 11.6 Å². The molecule has 0 radical (unpaired) electrons. The third kappa shape index (κ3) is 3.18. The fourth-order valence-corrected chi connectivity index (χ4v) is 4.74. The van der Waals surface area contributed by atoms with E-state index >= 15 is 0 Å². The Morgan fingerprint density at radius 2 is 2.16 bits per heavy atom. The molecule has 25 heavy (non-hydrogen) atoms. The van der Waals surface area contributed by atoms with Gasteiger partial charge in [-0.1, -0.05) is 17.7 Å². The van der Waals surface area contributed by atoms with Crippen LogP contribution in [0.1, 0.15) is 47.6 Å². The molecule has 2 aromatic rings. The maximum Gasteiger partial charge on any atom is 0.306 e. The van der Waals surface area contributed by atoms with Gasteiger partial charge in [-0.2, -0.15) is 5.10 Å². The van der Waals surface area contributed by atoms with Crippen LogP contribution in [0.25, 0.3) is 0 Å². The summed E-state index contributed by atoms with van der Waals surface area (Å²) in [6.07, 6.45) is 4.02. The van der Waals surface area contributed by atoms with Crippen LogP contribution in [-0.4, -0.2) is 20.9 Å². The Kier molecular flexibility index (Phi) is 4.52. The number of carbonyl (C=O) groups is 1. The summed E-state index contributed by atoms with van der Waals surface area (Å²) in [5, 5.41) is 14.1. The lowest BCUT2D eigenvalue weighted by molar-refractivity contribution is -0.142. The molecule has 1 aromatic heterocycles. The average Bonchev–Trinajstić information content (AvgIpc) is 3.37. The van der Waals surface area contributed by atoms with Crippen LogP contribution in [0.2, 0.25) is 5.02 Å². The molecule has 2 aliphatic rings. The molecule has 1 heterocycles. The number of rotatable bonds is 4. The van der Waals surface area contributed by atoms with Gasteiger partial charge in [0.25, 0.3) is 0 Å². The zero-order chi connectivity index (χ0) is 17.7. The van der Waals surface area contributed by atoms with Gasteiger partial charge in [0.05, 0.1) is 17.5 Å². The number of fused-ring (bicyclic) bond motifs is 1. The Hall–Kier alpha value is -1.15. The molecule has 1 aromatic carbocycles. The molecule has 1 saturated carbocycles. The molecule has 0 bridgehead atoms. The van der Waals surface area contributed by atoms with Gasteiger partial charge in [-0.25, -0.2) is 4.39 Å². The first-order valence-corrected chi connectivity index (χ1v) is 9.85. The van der Waals surface area contributed by atoms with Gasteiger partial charge in [-0.05, 0) is 71.4 Å². The lowest BCUT2D eigenvalue weighted by atomic mass is 9.88. The Bertz CT molecular complexity index is 863. The fourth-order valence-electron chi connectivity index (χ4n) is 3.67. The number of halogens is 3. The normalized spacial score (nSPS) is 19.7. The Labute approximate surface area is 163 Å². The van der Waals surface area contributed by atoms with Gasteiger partial charge in [-0.3, -0.25) is 9.48 Å². The van der Waals surface area contributed by atoms with Crippen molar-refractivity contribution in [3.05, 3.63) is 49.1 Å². The molecule has 1 atom stereocenters. The zero-order valence-corrected chi connectivity index (χ0v) is 16.3. The third-order valence-electron chi connectivity index (χ3n) is 5.21. The van der Waals surface area contributed by atoms with Crippen molar-refractivity contribution in [1.29, 1.82) is 0 Å². The Morgan fingerprint density at radius 3 is 2.84 bits per heavy atom. The number of nitrogens with zero attached hydrogens (tertiary/aromatic N) is 2. The van der Waals surface area contributed by atoms with E-state index in [1.807, 2.05) is 10.7 Å². The van der Waals surface area contributed by atoms with Crippen molar-refractivity contribution in [2.24, 2.45) is 5.92 Å². The first-order chi connectivity index (χ1) is 12.0. The summed E-state index contributed by atoms with van der Waals surface area (Å²) in [6.45, 7) is 0.389. The maximum atomic E-state index is 14.0. The summed E-state index contributed by atoms with van der Waals surface area (Å²) in [6, 6.07) is 3.26. The van der Waals surface area contributed by atoms with Gasteiger partial charge in [0.1, 0.15) is 9.52 Å². The van der Waals surface area contributed by atoms with Gasteiger partial charge >= 0.3 is 5.97 Å². The van der Waals surface area contributed by atoms with E-state index in [1.165, 1.54) is 6.07 Å². The molecule has 1 fully saturated rings. The van der Waals surface area contributed by atoms with Crippen molar-refractivity contribution in [3.8, 4) is 0 Å². The molecular formula is C18H17ClFIN2O2. The first-order valence-electron chi connectivity index (χ1n) is 8.39. The van der Waals surface area contributed by atoms with E-state index in [-0.39, 0.29) is 10.9 Å². The van der Waals surface area contributed by atoms with E-state index in [1.54, 1.807) is 0 Å². The predicted octanol–water partition coefficient (Wildman–Crippen LogP) is 4.40. The quantitative estimate of drug-likeness (QED) is 0.669. The Morgan fingerprint density at radius 1 is 1.40 bits per heavy atom. The van der Waals surface area contributed by atoms with Crippen LogP contribution < -0.4 is 0 Å². The molecule has 0 amide bonds. The summed E-state index contributed by atoms with van der Waals surface area (Å²) in [5.41, 5.74) is 3.95. The number of benzene rings is 1. The van der Waals surface area contributed by atoms with Gasteiger partial charge in [-0.15, -0.1) is 0 Å². The van der Waals surface area contributed by atoms with Crippen LogP contribution >= 0.6 is 34.2 Å². The fraction of sp³-hybridized carbons (Fsp3) is 0.444. The lowest BCUT2D eigenvalue weighted by Crippen LogP contribution is -2.24. The van der Waals surface area contributed by atoms with Crippen molar-refractivity contribution in [1.82, 2.24) is 9.78 Å². The SMILES string of the molecule is O=C(O)C1CCc2c(I)nn(Cc3c(C4CC4)ccc(F)c3Cl)c2C1. The molecule has 1 unspecified atom stereocenters. The van der Waals surface area contributed by atoms with E-state index < -0.39 is 11.8 Å². The molecule has 7 heteroatoms. The van der Waals surface area contributed by atoms with Crippen molar-refractivity contribution in [3.63, 3.8) is 0 Å². The highest BCUT2D eigenvalue weighted by atomic mass is 127. The summed E-state index contributed by atoms with van der Waals surface area (Å²) < 4.78 is 16.7. The van der Waals surface area contributed by atoms with Crippen LogP contribution in [0.15, 0.2) is 12.1 Å². The van der Waals surface area contributed by atoms with E-state index in [9.17, 15) is 14.3 Å². The second-order valence-corrected chi connectivity index (χ2v) is 8.25. The second kappa shape index (κ2) is 6.54. The van der Waals surface area contributed by atoms with Gasteiger partial charge in [0.2, 0.25) is 0 Å². The standard InChI is InChI=1S/C18H17ClFIN2O2/c19-16-13(11(9-1-2-9)5-6-14(16)20)8-23-15-7-10(18(24)25)3-4-12(15)17(21)22-23/h5-6,9-10H,1-4,7-8H2,(H,24,25). The highest BCUT2D eigenvalue weighted by Crippen LogP contribution is 2.44. The summed E-state index contributed by atoms with van der Waals surface area (Å²) in [4.78, 5) is 11.4. The number of aromatic nitrogens is 2. The van der Waals surface area contributed by atoms with Crippen LogP contribution in [0, 0.1) is 15.4 Å². The minimum Gasteiger partial charge on any atom is -0.481 e. The van der Waals surface area contributed by atoms with E-state index in [2.05, 4.69) is 27.7 Å². The van der Waals surface area contributed by atoms with Crippen LogP contribution in [-0.2, 0) is 24.2 Å². The van der Waals surface area contributed by atoms with Crippen molar-refractivity contribution >= 4 is 40.2 Å². The smallest absolute Gasteiger partial charge is 0.306 e. The number of carboxylic acids is 1. The molecular weight excluding hydrogens is 458 g/mol. The zero-order valence-electron chi connectivity index (χ0n) is 13.4. The van der Waals surface area contributed by atoms with Crippen LogP contribution in [0.5, 0.6) is 0 Å². The monoisotopic (exact) mass is 474 g/mol. The molecule has 2 aliphatic carbocycles. The van der Waals surface area contributed by atoms with E-state index in [0.717, 1.165) is 45.3 Å². The highest BCUT2D eigenvalue weighted by Gasteiger charge is 2.31. The van der Waals surface area contributed by atoms with Crippen molar-refractivity contribution < 1.29 is 14.3 Å². The van der Waals surface area contributed by atoms with Crippen molar-refractivity contribution in [2.75, 3.05) is 0 Å². The molecule has 0 aliphatic heterocycles. The number of carboxylic acid groups (broad SMARTS) is 1. The number of hydrogen-bond acceptors (Lipinski definition) is 2. The molecule has 0 spiro atoms. The summed E-state index contributed by atoms with van der Waals surface area (Å²) in [7, 11) is 0. The predicted molar refractivity (Wildman–Crippen MR) is 101 cm³/mol. The lowest BCUT2D eigenvalue weighted by Gasteiger charge is -2.21. The van der Waals surface area contributed by atoms with Crippen LogP contribution in [0.3, 0.4) is 0 Å². The van der Waals surface area contributed by atoms with Gasteiger partial charge in [0, 0.05) is 17.7 Å². The third-order valence-corrected chi connectivity index (χ3v) is 6.48. The number of aliphatic carboxylic acids is 1. The molecule has 132 valence electrons. The largest absolute Gasteiger partial charge is 0.481 e. The highest BCUT2D eigenvalue weighted by molar-refractivity contribution is 14.1. The minimum absolute atomic E-state index is 0.161. The maximum absolute atomic E-state index is 14.0. The second-order valence-electron chi connectivity index (χ2n) is 6.86. The molecule has 0 saturated heterocycles. The van der Waals surface area contributed by atoms with E-state index in [0.29, 0.717) is 25.3 Å². The number of hydrogen-bond donors (Lipinski definition) is 1.